The van der Waals surface area contributed by atoms with Crippen molar-refractivity contribution in [3.05, 3.63) is 59.7 Å². The lowest BCUT2D eigenvalue weighted by Gasteiger charge is -2.14. The summed E-state index contributed by atoms with van der Waals surface area (Å²) in [5.41, 5.74) is 0.924. The molecule has 0 saturated carbocycles. The van der Waals surface area contributed by atoms with Crippen LogP contribution in [0.15, 0.2) is 48.5 Å². The van der Waals surface area contributed by atoms with Gasteiger partial charge in [-0.05, 0) is 50.2 Å². The zero-order valence-electron chi connectivity index (χ0n) is 16.0. The Morgan fingerprint density at radius 2 is 1.76 bits per heavy atom. The number of nitrogens with zero attached hydrogens (tertiary/aromatic N) is 1. The van der Waals surface area contributed by atoms with Crippen LogP contribution in [0.5, 0.6) is 5.75 Å². The van der Waals surface area contributed by atoms with E-state index in [0.717, 1.165) is 0 Å². The maximum Gasteiger partial charge on any atom is 0.347 e. The molecule has 2 aromatic rings. The van der Waals surface area contributed by atoms with Crippen molar-refractivity contribution in [2.45, 2.75) is 20.0 Å². The number of benzene rings is 2. The molecule has 2 rings (SSSR count). The van der Waals surface area contributed by atoms with Crippen molar-refractivity contribution < 1.29 is 28.6 Å². The topological polar surface area (TPSA) is 115 Å². The van der Waals surface area contributed by atoms with E-state index in [1.54, 1.807) is 49.4 Å². The highest BCUT2D eigenvalue weighted by atomic mass is 16.6. The van der Waals surface area contributed by atoms with Gasteiger partial charge in [-0.2, -0.15) is 5.26 Å². The fourth-order valence-electron chi connectivity index (χ4n) is 2.28. The van der Waals surface area contributed by atoms with Crippen LogP contribution in [0.25, 0.3) is 0 Å². The molecule has 29 heavy (non-hydrogen) atoms. The number of nitrogens with one attached hydrogen (secondary N) is 1. The second-order valence-electron chi connectivity index (χ2n) is 5.82. The van der Waals surface area contributed by atoms with Crippen LogP contribution in [0.4, 0.5) is 5.69 Å². The van der Waals surface area contributed by atoms with Gasteiger partial charge in [-0.15, -0.1) is 0 Å². The first kappa shape index (κ1) is 21.4. The molecule has 0 spiro atoms. The average molecular weight is 396 g/mol. The quantitative estimate of drug-likeness (QED) is 0.682. The number of hydrogen-bond donors (Lipinski definition) is 1. The molecule has 8 heteroatoms. The number of carbonyl (C=O) groups excluding carboxylic acids is 3. The first-order valence-corrected chi connectivity index (χ1v) is 8.84. The van der Waals surface area contributed by atoms with E-state index in [-0.39, 0.29) is 17.9 Å². The molecule has 0 saturated heterocycles. The Bertz CT molecular complexity index is 918. The molecule has 0 aliphatic carbocycles. The largest absolute Gasteiger partial charge is 0.479 e. The summed E-state index contributed by atoms with van der Waals surface area (Å²) in [6.07, 6.45) is -0.956. The van der Waals surface area contributed by atoms with Crippen molar-refractivity contribution >= 4 is 23.5 Å². The predicted molar refractivity (Wildman–Crippen MR) is 103 cm³/mol. The molecule has 1 atom stereocenters. The van der Waals surface area contributed by atoms with E-state index in [4.69, 9.17) is 19.5 Å². The van der Waals surface area contributed by atoms with Crippen molar-refractivity contribution in [1.82, 2.24) is 0 Å². The number of anilines is 1. The first-order valence-electron chi connectivity index (χ1n) is 8.84. The molecule has 0 fully saturated rings. The van der Waals surface area contributed by atoms with E-state index >= 15 is 0 Å². The van der Waals surface area contributed by atoms with Gasteiger partial charge in [0.25, 0.3) is 5.91 Å². The Morgan fingerprint density at radius 1 is 1.07 bits per heavy atom. The fraction of sp³-hybridized carbons (Fsp3) is 0.238. The van der Waals surface area contributed by atoms with E-state index in [0.29, 0.717) is 11.3 Å². The molecule has 0 radical (unpaired) electrons. The molecule has 0 aliphatic rings. The fourth-order valence-corrected chi connectivity index (χ4v) is 2.28. The lowest BCUT2D eigenvalue weighted by molar-refractivity contribution is -0.153. The van der Waals surface area contributed by atoms with Gasteiger partial charge in [0.2, 0.25) is 0 Å². The third-order valence-corrected chi connectivity index (χ3v) is 3.67. The van der Waals surface area contributed by atoms with E-state index in [2.05, 4.69) is 5.32 Å². The lowest BCUT2D eigenvalue weighted by atomic mass is 10.2. The zero-order chi connectivity index (χ0) is 21.2. The minimum absolute atomic E-state index is 0.201. The average Bonchev–Trinajstić information content (AvgIpc) is 2.73. The summed E-state index contributed by atoms with van der Waals surface area (Å²) < 4.78 is 15.3. The number of para-hydroxylation sites is 1. The lowest BCUT2D eigenvalue weighted by Crippen LogP contribution is -2.30. The van der Waals surface area contributed by atoms with Gasteiger partial charge in [0, 0.05) is 0 Å². The van der Waals surface area contributed by atoms with Crippen molar-refractivity contribution in [3.63, 3.8) is 0 Å². The molecule has 8 nitrogen and oxygen atoms in total. The number of esters is 2. The SMILES string of the molecule is CCOC(=O)c1ccccc1NC(=O)COC(=O)[C@H](C)Oc1ccc(C#N)cc1. The molecule has 2 aromatic carbocycles. The number of ether oxygens (including phenoxy) is 3. The van der Waals surface area contributed by atoms with Gasteiger partial charge in [0.05, 0.1) is 29.5 Å². The van der Waals surface area contributed by atoms with Crippen molar-refractivity contribution in [3.8, 4) is 11.8 Å². The molecular formula is C21H20N2O6. The maximum absolute atomic E-state index is 12.1. The van der Waals surface area contributed by atoms with Gasteiger partial charge >= 0.3 is 11.9 Å². The maximum atomic E-state index is 12.1. The van der Waals surface area contributed by atoms with E-state index < -0.39 is 30.6 Å². The molecule has 1 N–H and O–H groups in total. The van der Waals surface area contributed by atoms with E-state index in [9.17, 15) is 14.4 Å². The Balaban J connectivity index is 1.87. The predicted octanol–water partition coefficient (Wildman–Crippen LogP) is 2.68. The van der Waals surface area contributed by atoms with Crippen LogP contribution in [0.1, 0.15) is 29.8 Å². The van der Waals surface area contributed by atoms with Gasteiger partial charge in [-0.1, -0.05) is 12.1 Å². The Labute approximate surface area is 168 Å². The van der Waals surface area contributed by atoms with Crippen molar-refractivity contribution in [1.29, 1.82) is 5.26 Å². The third-order valence-electron chi connectivity index (χ3n) is 3.67. The third kappa shape index (κ3) is 6.36. The van der Waals surface area contributed by atoms with Crippen molar-refractivity contribution in [2.24, 2.45) is 0 Å². The normalized spacial score (nSPS) is 10.9. The van der Waals surface area contributed by atoms with Gasteiger partial charge in [0.1, 0.15) is 5.75 Å². The number of amides is 1. The second-order valence-corrected chi connectivity index (χ2v) is 5.82. The molecular weight excluding hydrogens is 376 g/mol. The summed E-state index contributed by atoms with van der Waals surface area (Å²) >= 11 is 0. The van der Waals surface area contributed by atoms with Crippen LogP contribution in [0.2, 0.25) is 0 Å². The standard InChI is InChI=1S/C21H20N2O6/c1-3-27-21(26)17-6-4-5-7-18(17)23-19(24)13-28-20(25)14(2)29-16-10-8-15(12-22)9-11-16/h4-11,14H,3,13H2,1-2H3,(H,23,24)/t14-/m0/s1. The van der Waals surface area contributed by atoms with Crippen LogP contribution in [0, 0.1) is 11.3 Å². The van der Waals surface area contributed by atoms with Crippen LogP contribution >= 0.6 is 0 Å². The van der Waals surface area contributed by atoms with E-state index in [1.807, 2.05) is 6.07 Å². The summed E-state index contributed by atoms with van der Waals surface area (Å²) in [7, 11) is 0. The van der Waals surface area contributed by atoms with E-state index in [1.165, 1.54) is 13.0 Å². The molecule has 0 aliphatic heterocycles. The molecule has 1 amide bonds. The minimum Gasteiger partial charge on any atom is -0.479 e. The summed E-state index contributed by atoms with van der Waals surface area (Å²) in [6.45, 7) is 2.82. The van der Waals surface area contributed by atoms with Gasteiger partial charge in [-0.3, -0.25) is 4.79 Å². The smallest absolute Gasteiger partial charge is 0.347 e. The van der Waals surface area contributed by atoms with Gasteiger partial charge in [0.15, 0.2) is 12.7 Å². The van der Waals surface area contributed by atoms with Crippen LogP contribution in [0.3, 0.4) is 0 Å². The first-order chi connectivity index (χ1) is 13.9. The minimum atomic E-state index is -0.956. The van der Waals surface area contributed by atoms with Crippen LogP contribution in [-0.4, -0.2) is 37.2 Å². The Kier molecular flexibility index (Phi) is 7.74. The Hall–Kier alpha value is -3.86. The Morgan fingerprint density at radius 3 is 2.41 bits per heavy atom. The number of carbonyl (C=O) groups is 3. The summed E-state index contributed by atoms with van der Waals surface area (Å²) in [4.78, 5) is 36.0. The molecule has 150 valence electrons. The van der Waals surface area contributed by atoms with Crippen molar-refractivity contribution in [2.75, 3.05) is 18.5 Å². The highest BCUT2D eigenvalue weighted by Gasteiger charge is 2.19. The van der Waals surface area contributed by atoms with Gasteiger partial charge in [-0.25, -0.2) is 9.59 Å². The number of rotatable bonds is 8. The zero-order valence-corrected chi connectivity index (χ0v) is 16.0. The van der Waals surface area contributed by atoms with Crippen LogP contribution in [-0.2, 0) is 19.1 Å². The molecule has 0 aromatic heterocycles. The number of hydrogen-bond acceptors (Lipinski definition) is 7. The summed E-state index contributed by atoms with van der Waals surface area (Å²) in [5.74, 6) is -1.52. The summed E-state index contributed by atoms with van der Waals surface area (Å²) in [6, 6.07) is 14.6. The highest BCUT2D eigenvalue weighted by molar-refractivity contribution is 6.01. The summed E-state index contributed by atoms with van der Waals surface area (Å²) in [5, 5.41) is 11.3. The number of nitriles is 1. The monoisotopic (exact) mass is 396 g/mol. The van der Waals surface area contributed by atoms with Gasteiger partial charge < -0.3 is 19.5 Å². The second kappa shape index (κ2) is 10.5. The highest BCUT2D eigenvalue weighted by Crippen LogP contribution is 2.17. The molecule has 0 heterocycles. The molecule has 0 bridgehead atoms. The molecule has 0 unspecified atom stereocenters. The van der Waals surface area contributed by atoms with Crippen LogP contribution < -0.4 is 10.1 Å².